The average Bonchev–Trinajstić information content (AvgIpc) is 2.38. The van der Waals surface area contributed by atoms with Crippen LogP contribution in [0.2, 0.25) is 0 Å². The maximum absolute atomic E-state index is 11.8. The van der Waals surface area contributed by atoms with Crippen molar-refractivity contribution in [2.75, 3.05) is 18.9 Å². The van der Waals surface area contributed by atoms with E-state index in [-0.39, 0.29) is 6.03 Å². The van der Waals surface area contributed by atoms with Crippen LogP contribution in [-0.2, 0) is 0 Å². The lowest BCUT2D eigenvalue weighted by Gasteiger charge is -2.16. The molecule has 1 aromatic heterocycles. The number of urea groups is 1. The normalized spacial score (nSPS) is 10.2. The van der Waals surface area contributed by atoms with Crippen LogP contribution in [0, 0.1) is 0 Å². The largest absolute Gasteiger partial charge is 0.328 e. The Balaban J connectivity index is 2.33. The van der Waals surface area contributed by atoms with Crippen LogP contribution in [0.4, 0.5) is 10.5 Å². The molecule has 2 rings (SSSR count). The molecule has 0 aliphatic heterocycles. The summed E-state index contributed by atoms with van der Waals surface area (Å²) < 4.78 is 0. The Morgan fingerprint density at radius 1 is 1.35 bits per heavy atom. The van der Waals surface area contributed by atoms with Gasteiger partial charge in [-0.2, -0.15) is 0 Å². The first-order valence-electron chi connectivity index (χ1n) is 5.58. The first-order chi connectivity index (χ1) is 8.22. The van der Waals surface area contributed by atoms with E-state index in [4.69, 9.17) is 0 Å². The molecule has 0 spiro atoms. The number of fused-ring (bicyclic) bond motifs is 1. The molecular weight excluding hydrogens is 214 g/mol. The number of nitrogens with zero attached hydrogens (tertiary/aromatic N) is 2. The van der Waals surface area contributed by atoms with Gasteiger partial charge in [-0.3, -0.25) is 4.98 Å². The number of carbonyl (C=O) groups excluding carboxylic acids is 1. The van der Waals surface area contributed by atoms with Gasteiger partial charge in [-0.1, -0.05) is 6.07 Å². The molecule has 0 bridgehead atoms. The average molecular weight is 229 g/mol. The summed E-state index contributed by atoms with van der Waals surface area (Å²) >= 11 is 0. The number of benzene rings is 1. The number of carbonyl (C=O) groups is 1. The summed E-state index contributed by atoms with van der Waals surface area (Å²) in [7, 11) is 1.76. The fraction of sp³-hybridized carbons (Fsp3) is 0.231. The predicted molar refractivity (Wildman–Crippen MR) is 69.1 cm³/mol. The number of hydrogen-bond donors (Lipinski definition) is 1. The predicted octanol–water partition coefficient (Wildman–Crippen LogP) is 2.72. The molecule has 0 unspecified atom stereocenters. The zero-order valence-electron chi connectivity index (χ0n) is 9.97. The highest BCUT2D eigenvalue weighted by Crippen LogP contribution is 2.21. The molecule has 4 heteroatoms. The summed E-state index contributed by atoms with van der Waals surface area (Å²) in [5.41, 5.74) is 1.67. The van der Waals surface area contributed by atoms with E-state index in [1.807, 2.05) is 37.3 Å². The van der Waals surface area contributed by atoms with Crippen molar-refractivity contribution in [1.29, 1.82) is 0 Å². The molecule has 1 heterocycles. The van der Waals surface area contributed by atoms with Crippen molar-refractivity contribution in [2.24, 2.45) is 0 Å². The van der Waals surface area contributed by atoms with Crippen LogP contribution in [0.15, 0.2) is 36.5 Å². The van der Waals surface area contributed by atoms with Crippen LogP contribution in [-0.4, -0.2) is 29.5 Å². The summed E-state index contributed by atoms with van der Waals surface area (Å²) in [6.07, 6.45) is 1.74. The molecule has 4 nitrogen and oxygen atoms in total. The Kier molecular flexibility index (Phi) is 3.23. The minimum atomic E-state index is -0.108. The van der Waals surface area contributed by atoms with E-state index in [0.717, 1.165) is 16.6 Å². The van der Waals surface area contributed by atoms with E-state index in [2.05, 4.69) is 10.3 Å². The first-order valence-corrected chi connectivity index (χ1v) is 5.58. The number of pyridine rings is 1. The molecule has 0 saturated carbocycles. The summed E-state index contributed by atoms with van der Waals surface area (Å²) in [6.45, 7) is 2.61. The van der Waals surface area contributed by atoms with Crippen LogP contribution in [0.1, 0.15) is 6.92 Å². The highest BCUT2D eigenvalue weighted by Gasteiger charge is 2.08. The van der Waals surface area contributed by atoms with E-state index in [1.54, 1.807) is 18.1 Å². The highest BCUT2D eigenvalue weighted by atomic mass is 16.2. The van der Waals surface area contributed by atoms with E-state index in [9.17, 15) is 4.79 Å². The van der Waals surface area contributed by atoms with Gasteiger partial charge in [0.2, 0.25) is 0 Å². The van der Waals surface area contributed by atoms with Crippen molar-refractivity contribution in [3.8, 4) is 0 Å². The fourth-order valence-corrected chi connectivity index (χ4v) is 1.57. The molecule has 88 valence electrons. The minimum absolute atomic E-state index is 0.108. The maximum Gasteiger partial charge on any atom is 0.321 e. The second-order valence-electron chi connectivity index (χ2n) is 3.82. The van der Waals surface area contributed by atoms with Gasteiger partial charge in [0, 0.05) is 25.2 Å². The smallest absolute Gasteiger partial charge is 0.321 e. The number of aromatic nitrogens is 1. The SMILES string of the molecule is CCN(C)C(=O)Nc1cccc2ncccc12. The Labute approximate surface area is 100 Å². The molecule has 1 aromatic carbocycles. The Bertz CT molecular complexity index is 534. The molecule has 0 saturated heterocycles. The van der Waals surface area contributed by atoms with Gasteiger partial charge in [0.1, 0.15) is 0 Å². The van der Waals surface area contributed by atoms with E-state index in [1.165, 1.54) is 0 Å². The van der Waals surface area contributed by atoms with Crippen LogP contribution < -0.4 is 5.32 Å². The molecule has 2 aromatic rings. The first kappa shape index (κ1) is 11.4. The molecule has 0 aliphatic rings. The van der Waals surface area contributed by atoms with Gasteiger partial charge in [-0.25, -0.2) is 4.79 Å². The van der Waals surface area contributed by atoms with Crippen molar-refractivity contribution in [2.45, 2.75) is 6.92 Å². The highest BCUT2D eigenvalue weighted by molar-refractivity contribution is 6.00. The third-order valence-electron chi connectivity index (χ3n) is 2.71. The van der Waals surface area contributed by atoms with Gasteiger partial charge in [-0.15, -0.1) is 0 Å². The van der Waals surface area contributed by atoms with E-state index < -0.39 is 0 Å². The number of nitrogens with one attached hydrogen (secondary N) is 1. The summed E-state index contributed by atoms with van der Waals surface area (Å²) in [4.78, 5) is 17.7. The fourth-order valence-electron chi connectivity index (χ4n) is 1.57. The molecule has 1 N–H and O–H groups in total. The lowest BCUT2D eigenvalue weighted by molar-refractivity contribution is 0.224. The van der Waals surface area contributed by atoms with Crippen molar-refractivity contribution >= 4 is 22.6 Å². The molecule has 0 aliphatic carbocycles. The second kappa shape index (κ2) is 4.82. The van der Waals surface area contributed by atoms with Crippen LogP contribution in [0.5, 0.6) is 0 Å². The Morgan fingerprint density at radius 2 is 2.18 bits per heavy atom. The lowest BCUT2D eigenvalue weighted by Crippen LogP contribution is -2.30. The zero-order valence-corrected chi connectivity index (χ0v) is 9.97. The number of rotatable bonds is 2. The monoisotopic (exact) mass is 229 g/mol. The third-order valence-corrected chi connectivity index (χ3v) is 2.71. The van der Waals surface area contributed by atoms with Gasteiger partial charge in [0.15, 0.2) is 0 Å². The molecule has 17 heavy (non-hydrogen) atoms. The molecular formula is C13H15N3O. The Morgan fingerprint density at radius 3 is 2.94 bits per heavy atom. The van der Waals surface area contributed by atoms with Gasteiger partial charge in [0.25, 0.3) is 0 Å². The summed E-state index contributed by atoms with van der Waals surface area (Å²) in [5.74, 6) is 0. The summed E-state index contributed by atoms with van der Waals surface area (Å²) in [6, 6.07) is 9.39. The standard InChI is InChI=1S/C13H15N3O/c1-3-16(2)13(17)15-12-8-4-7-11-10(12)6-5-9-14-11/h4-9H,3H2,1-2H3,(H,15,17). The van der Waals surface area contributed by atoms with E-state index >= 15 is 0 Å². The van der Waals surface area contributed by atoms with Crippen molar-refractivity contribution < 1.29 is 4.79 Å². The number of anilines is 1. The van der Waals surface area contributed by atoms with Crippen LogP contribution in [0.3, 0.4) is 0 Å². The van der Waals surface area contributed by atoms with Crippen LogP contribution in [0.25, 0.3) is 10.9 Å². The lowest BCUT2D eigenvalue weighted by atomic mass is 10.2. The van der Waals surface area contributed by atoms with Crippen molar-refractivity contribution in [3.63, 3.8) is 0 Å². The molecule has 2 amide bonds. The Hall–Kier alpha value is -2.10. The van der Waals surface area contributed by atoms with Gasteiger partial charge >= 0.3 is 6.03 Å². The van der Waals surface area contributed by atoms with E-state index in [0.29, 0.717) is 6.54 Å². The van der Waals surface area contributed by atoms with Gasteiger partial charge in [0.05, 0.1) is 11.2 Å². The maximum atomic E-state index is 11.8. The number of amides is 2. The molecule has 0 atom stereocenters. The quantitative estimate of drug-likeness (QED) is 0.860. The minimum Gasteiger partial charge on any atom is -0.328 e. The molecule has 0 fully saturated rings. The van der Waals surface area contributed by atoms with Gasteiger partial charge in [-0.05, 0) is 31.2 Å². The third kappa shape index (κ3) is 2.36. The summed E-state index contributed by atoms with van der Waals surface area (Å²) in [5, 5.41) is 3.83. The zero-order chi connectivity index (χ0) is 12.3. The topological polar surface area (TPSA) is 45.2 Å². The second-order valence-corrected chi connectivity index (χ2v) is 3.82. The van der Waals surface area contributed by atoms with Gasteiger partial charge < -0.3 is 10.2 Å². The number of hydrogen-bond acceptors (Lipinski definition) is 2. The molecule has 0 radical (unpaired) electrons. The van der Waals surface area contributed by atoms with Crippen molar-refractivity contribution in [3.05, 3.63) is 36.5 Å². The van der Waals surface area contributed by atoms with Crippen LogP contribution >= 0.6 is 0 Å². The van der Waals surface area contributed by atoms with Crippen molar-refractivity contribution in [1.82, 2.24) is 9.88 Å².